The molecule has 0 amide bonds. The Balaban J connectivity index is 2.31. The van der Waals surface area contributed by atoms with E-state index in [2.05, 4.69) is 11.4 Å². The molecule has 1 heterocycles. The van der Waals surface area contributed by atoms with Crippen LogP contribution in [0.25, 0.3) is 0 Å². The van der Waals surface area contributed by atoms with E-state index in [-0.39, 0.29) is 0 Å². The van der Waals surface area contributed by atoms with Crippen molar-refractivity contribution >= 4 is 0 Å². The van der Waals surface area contributed by atoms with Gasteiger partial charge in [0.05, 0.1) is 5.54 Å². The molecule has 0 aromatic heterocycles. The average molecular weight is 81.1 g/mol. The fourth-order valence-corrected chi connectivity index (χ4v) is 0.765. The second kappa shape index (κ2) is 0.512. The molecule has 0 saturated heterocycles. The van der Waals surface area contributed by atoms with E-state index in [0.29, 0.717) is 5.54 Å². The van der Waals surface area contributed by atoms with Gasteiger partial charge in [-0.25, -0.2) is 0 Å². The van der Waals surface area contributed by atoms with E-state index in [1.807, 2.05) is 6.20 Å². The van der Waals surface area contributed by atoms with Crippen LogP contribution in [0.2, 0.25) is 0 Å². The van der Waals surface area contributed by atoms with Crippen LogP contribution in [-0.4, -0.2) is 5.54 Å². The highest BCUT2D eigenvalue weighted by Gasteiger charge is 2.42. The molecule has 2 rings (SSSR count). The van der Waals surface area contributed by atoms with E-state index in [1.165, 1.54) is 12.8 Å². The van der Waals surface area contributed by atoms with Gasteiger partial charge in [0, 0.05) is 0 Å². The summed E-state index contributed by atoms with van der Waals surface area (Å²) in [5, 5.41) is 3.22. The SMILES string of the molecule is C1=CC2(CC2)N1. The van der Waals surface area contributed by atoms with Gasteiger partial charge in [-0.2, -0.15) is 0 Å². The third-order valence-electron chi connectivity index (χ3n) is 1.56. The number of hydrogen-bond acceptors (Lipinski definition) is 1. The van der Waals surface area contributed by atoms with Crippen molar-refractivity contribution in [2.45, 2.75) is 18.4 Å². The third-order valence-corrected chi connectivity index (χ3v) is 1.56. The maximum Gasteiger partial charge on any atom is 0.0569 e. The molecule has 0 radical (unpaired) electrons. The van der Waals surface area contributed by atoms with Crippen molar-refractivity contribution in [3.05, 3.63) is 12.3 Å². The predicted octanol–water partition coefficient (Wildman–Crippen LogP) is 0.636. The second-order valence-electron chi connectivity index (χ2n) is 2.13. The summed E-state index contributed by atoms with van der Waals surface area (Å²) in [6.45, 7) is 0. The van der Waals surface area contributed by atoms with Crippen LogP contribution in [0.15, 0.2) is 12.3 Å². The van der Waals surface area contributed by atoms with Gasteiger partial charge >= 0.3 is 0 Å². The van der Waals surface area contributed by atoms with E-state index in [4.69, 9.17) is 0 Å². The first-order valence-corrected chi connectivity index (χ1v) is 2.37. The molecule has 6 heavy (non-hydrogen) atoms. The smallest absolute Gasteiger partial charge is 0.0569 e. The minimum absolute atomic E-state index is 0.542. The number of nitrogens with one attached hydrogen (secondary N) is 1. The van der Waals surface area contributed by atoms with Crippen LogP contribution < -0.4 is 5.32 Å². The summed E-state index contributed by atoms with van der Waals surface area (Å²) in [7, 11) is 0. The van der Waals surface area contributed by atoms with Crippen molar-refractivity contribution in [1.29, 1.82) is 0 Å². The molecule has 1 fully saturated rings. The second-order valence-corrected chi connectivity index (χ2v) is 2.13. The van der Waals surface area contributed by atoms with Gasteiger partial charge in [-0.15, -0.1) is 0 Å². The molecule has 32 valence electrons. The van der Waals surface area contributed by atoms with E-state index in [1.54, 1.807) is 0 Å². The van der Waals surface area contributed by atoms with Gasteiger partial charge in [0.15, 0.2) is 0 Å². The summed E-state index contributed by atoms with van der Waals surface area (Å²) in [6, 6.07) is 0. The maximum atomic E-state index is 3.22. The molecule has 1 aliphatic heterocycles. The van der Waals surface area contributed by atoms with E-state index in [9.17, 15) is 0 Å². The van der Waals surface area contributed by atoms with Crippen LogP contribution in [-0.2, 0) is 0 Å². The molecule has 2 aliphatic rings. The van der Waals surface area contributed by atoms with E-state index >= 15 is 0 Å². The highest BCUT2D eigenvalue weighted by Crippen LogP contribution is 2.40. The average Bonchev–Trinajstić information content (AvgIpc) is 2.02. The summed E-state index contributed by atoms with van der Waals surface area (Å²) in [6.07, 6.45) is 6.99. The van der Waals surface area contributed by atoms with Crippen molar-refractivity contribution < 1.29 is 0 Å². The Morgan fingerprint density at radius 2 is 2.17 bits per heavy atom. The lowest BCUT2D eigenvalue weighted by Crippen LogP contribution is -2.31. The fraction of sp³-hybridized carbons (Fsp3) is 0.600. The van der Waals surface area contributed by atoms with E-state index < -0.39 is 0 Å². The lowest BCUT2D eigenvalue weighted by atomic mass is 10.2. The van der Waals surface area contributed by atoms with Crippen molar-refractivity contribution in [3.63, 3.8) is 0 Å². The van der Waals surface area contributed by atoms with Gasteiger partial charge in [-0.3, -0.25) is 0 Å². The van der Waals surface area contributed by atoms with Gasteiger partial charge in [0.2, 0.25) is 0 Å². The summed E-state index contributed by atoms with van der Waals surface area (Å²) in [5.41, 5.74) is 0.542. The monoisotopic (exact) mass is 81.1 g/mol. The molecule has 0 bridgehead atoms. The Morgan fingerprint density at radius 1 is 1.50 bits per heavy atom. The van der Waals surface area contributed by atoms with Crippen molar-refractivity contribution in [2.75, 3.05) is 0 Å². The molecule has 1 nitrogen and oxygen atoms in total. The minimum atomic E-state index is 0.542. The lowest BCUT2D eigenvalue weighted by molar-refractivity contribution is 0.640. The third kappa shape index (κ3) is 0.145. The molecule has 1 aliphatic carbocycles. The lowest BCUT2D eigenvalue weighted by Gasteiger charge is -2.18. The molecule has 0 aromatic carbocycles. The Morgan fingerprint density at radius 3 is 2.17 bits per heavy atom. The molecular weight excluding hydrogens is 74.1 g/mol. The van der Waals surface area contributed by atoms with Gasteiger partial charge in [-0.05, 0) is 25.1 Å². The quantitative estimate of drug-likeness (QED) is 0.451. The topological polar surface area (TPSA) is 12.0 Å². The zero-order chi connectivity index (χ0) is 4.04. The van der Waals surface area contributed by atoms with Crippen LogP contribution in [0.1, 0.15) is 12.8 Å². The van der Waals surface area contributed by atoms with Crippen molar-refractivity contribution in [2.24, 2.45) is 0 Å². The fourth-order valence-electron chi connectivity index (χ4n) is 0.765. The zero-order valence-electron chi connectivity index (χ0n) is 3.57. The van der Waals surface area contributed by atoms with Crippen LogP contribution in [0, 0.1) is 0 Å². The first kappa shape index (κ1) is 2.67. The van der Waals surface area contributed by atoms with Crippen LogP contribution >= 0.6 is 0 Å². The normalized spacial score (nSPS) is 32.0. The Bertz CT molecular complexity index is 101. The summed E-state index contributed by atoms with van der Waals surface area (Å²) in [4.78, 5) is 0. The van der Waals surface area contributed by atoms with Crippen LogP contribution in [0.4, 0.5) is 0 Å². The van der Waals surface area contributed by atoms with Gasteiger partial charge < -0.3 is 5.32 Å². The van der Waals surface area contributed by atoms with Gasteiger partial charge in [-0.1, -0.05) is 0 Å². The highest BCUT2D eigenvalue weighted by molar-refractivity contribution is 5.25. The largest absolute Gasteiger partial charge is 0.382 e. The summed E-state index contributed by atoms with van der Waals surface area (Å²) >= 11 is 0. The molecule has 1 heteroatoms. The van der Waals surface area contributed by atoms with Crippen molar-refractivity contribution in [1.82, 2.24) is 5.32 Å². The molecular formula is C5H7N. The molecule has 0 unspecified atom stereocenters. The zero-order valence-corrected chi connectivity index (χ0v) is 3.57. The predicted molar refractivity (Wildman–Crippen MR) is 24.2 cm³/mol. The molecule has 1 N–H and O–H groups in total. The van der Waals surface area contributed by atoms with Gasteiger partial charge in [0.1, 0.15) is 0 Å². The minimum Gasteiger partial charge on any atom is -0.382 e. The maximum absolute atomic E-state index is 3.22. The number of rotatable bonds is 0. The van der Waals surface area contributed by atoms with Crippen molar-refractivity contribution in [3.8, 4) is 0 Å². The van der Waals surface area contributed by atoms with Gasteiger partial charge in [0.25, 0.3) is 0 Å². The van der Waals surface area contributed by atoms with Crippen LogP contribution in [0.5, 0.6) is 0 Å². The summed E-state index contributed by atoms with van der Waals surface area (Å²) in [5.74, 6) is 0. The Kier molecular flexibility index (Phi) is 0.228. The standard InChI is InChI=1S/C5H7N/c1-2-5(1)3-4-6-5/h3-4,6H,1-2H2. The van der Waals surface area contributed by atoms with Crippen LogP contribution in [0.3, 0.4) is 0 Å². The Labute approximate surface area is 37.0 Å². The Hall–Kier alpha value is -0.460. The number of hydrogen-bond donors (Lipinski definition) is 1. The molecule has 0 atom stereocenters. The first-order chi connectivity index (χ1) is 2.91. The summed E-state index contributed by atoms with van der Waals surface area (Å²) < 4.78 is 0. The molecule has 1 spiro atoms. The molecule has 0 aromatic rings. The highest BCUT2D eigenvalue weighted by atomic mass is 15.0. The first-order valence-electron chi connectivity index (χ1n) is 2.37. The van der Waals surface area contributed by atoms with E-state index in [0.717, 1.165) is 0 Å². The molecule has 1 saturated carbocycles.